The van der Waals surface area contributed by atoms with Crippen LogP contribution < -0.4 is 11.1 Å². The lowest BCUT2D eigenvalue weighted by molar-refractivity contribution is 0.0982. The first-order valence-electron chi connectivity index (χ1n) is 7.96. The molecule has 8 nitrogen and oxygen atoms in total. The smallest absolute Gasteiger partial charge is 0.296 e. The van der Waals surface area contributed by atoms with E-state index in [1.165, 1.54) is 0 Å². The molecule has 0 aliphatic carbocycles. The molecule has 0 unspecified atom stereocenters. The third-order valence-electron chi connectivity index (χ3n) is 4.07. The first kappa shape index (κ1) is 16.7. The van der Waals surface area contributed by atoms with Crippen LogP contribution in [0.4, 0.5) is 5.95 Å². The summed E-state index contributed by atoms with van der Waals surface area (Å²) in [6.07, 6.45) is 0.854. The second-order valence-corrected chi connectivity index (χ2v) is 5.83. The van der Waals surface area contributed by atoms with Crippen LogP contribution in [0.2, 0.25) is 0 Å². The molecule has 2 aromatic heterocycles. The molecule has 25 heavy (non-hydrogen) atoms. The molecule has 130 valence electrons. The van der Waals surface area contributed by atoms with Crippen LogP contribution in [-0.4, -0.2) is 26.5 Å². The zero-order valence-electron chi connectivity index (χ0n) is 14.3. The van der Waals surface area contributed by atoms with Gasteiger partial charge in [-0.3, -0.25) is 14.9 Å². The van der Waals surface area contributed by atoms with Gasteiger partial charge in [0, 0.05) is 17.7 Å². The molecular formula is C17H19N5O3. The number of anilines is 1. The summed E-state index contributed by atoms with van der Waals surface area (Å²) >= 11 is 0. The summed E-state index contributed by atoms with van der Waals surface area (Å²) < 4.78 is 6.98. The molecule has 0 bridgehead atoms. The lowest BCUT2D eigenvalue weighted by atomic mass is 10.2. The predicted octanol–water partition coefficient (Wildman–Crippen LogP) is 2.40. The molecular weight excluding hydrogens is 322 g/mol. The Hall–Kier alpha value is -3.16. The summed E-state index contributed by atoms with van der Waals surface area (Å²) in [6, 6.07) is 5.04. The summed E-state index contributed by atoms with van der Waals surface area (Å²) in [4.78, 5) is 28.3. The molecule has 2 heterocycles. The van der Waals surface area contributed by atoms with Gasteiger partial charge in [0.25, 0.3) is 5.91 Å². The Morgan fingerprint density at radius 1 is 1.32 bits per heavy atom. The van der Waals surface area contributed by atoms with E-state index in [1.54, 1.807) is 32.0 Å². The highest BCUT2D eigenvalue weighted by molar-refractivity contribution is 6.03. The van der Waals surface area contributed by atoms with Crippen molar-refractivity contribution in [2.24, 2.45) is 5.73 Å². The predicted molar refractivity (Wildman–Crippen MR) is 92.5 cm³/mol. The van der Waals surface area contributed by atoms with E-state index in [-0.39, 0.29) is 5.76 Å². The fourth-order valence-electron chi connectivity index (χ4n) is 2.61. The van der Waals surface area contributed by atoms with Crippen LogP contribution in [-0.2, 0) is 6.54 Å². The molecule has 0 atom stereocenters. The number of primary amides is 1. The number of amides is 2. The zero-order valence-corrected chi connectivity index (χ0v) is 14.3. The van der Waals surface area contributed by atoms with E-state index >= 15 is 0 Å². The van der Waals surface area contributed by atoms with Crippen LogP contribution in [0.1, 0.15) is 45.5 Å². The van der Waals surface area contributed by atoms with Gasteiger partial charge in [-0.2, -0.15) is 0 Å². The van der Waals surface area contributed by atoms with Crippen molar-refractivity contribution >= 4 is 28.8 Å². The van der Waals surface area contributed by atoms with Crippen molar-refractivity contribution in [1.29, 1.82) is 0 Å². The molecule has 0 aliphatic rings. The number of hydrogen-bond donors (Lipinski definition) is 2. The molecule has 0 radical (unpaired) electrons. The van der Waals surface area contributed by atoms with Gasteiger partial charge in [0.15, 0.2) is 0 Å². The number of benzene rings is 1. The van der Waals surface area contributed by atoms with E-state index < -0.39 is 11.8 Å². The first-order chi connectivity index (χ1) is 11.9. The van der Waals surface area contributed by atoms with E-state index in [0.717, 1.165) is 11.9 Å². The van der Waals surface area contributed by atoms with Crippen LogP contribution in [0.25, 0.3) is 11.0 Å². The van der Waals surface area contributed by atoms with E-state index in [4.69, 9.17) is 10.3 Å². The number of imidazole rings is 1. The highest BCUT2D eigenvalue weighted by Crippen LogP contribution is 2.23. The van der Waals surface area contributed by atoms with Gasteiger partial charge in [0.1, 0.15) is 0 Å². The van der Waals surface area contributed by atoms with Crippen molar-refractivity contribution in [2.45, 2.75) is 33.7 Å². The molecule has 0 spiro atoms. The Bertz CT molecular complexity index is 970. The van der Waals surface area contributed by atoms with Crippen molar-refractivity contribution in [3.8, 4) is 0 Å². The maximum atomic E-state index is 12.5. The third kappa shape index (κ3) is 2.98. The van der Waals surface area contributed by atoms with Crippen LogP contribution in [0.3, 0.4) is 0 Å². The van der Waals surface area contributed by atoms with Gasteiger partial charge in [0.05, 0.1) is 16.7 Å². The average Bonchev–Trinajstić information content (AvgIpc) is 3.08. The largest absolute Gasteiger partial charge is 0.366 e. The molecule has 3 rings (SSSR count). The summed E-state index contributed by atoms with van der Waals surface area (Å²) in [5, 5.41) is 6.56. The first-order valence-corrected chi connectivity index (χ1v) is 7.96. The lowest BCUT2D eigenvalue weighted by Gasteiger charge is -2.08. The number of aromatic nitrogens is 3. The van der Waals surface area contributed by atoms with Crippen molar-refractivity contribution < 1.29 is 14.1 Å². The molecule has 3 N–H and O–H groups in total. The van der Waals surface area contributed by atoms with Crippen molar-refractivity contribution in [1.82, 2.24) is 14.7 Å². The van der Waals surface area contributed by atoms with E-state index in [2.05, 4.69) is 15.5 Å². The van der Waals surface area contributed by atoms with Gasteiger partial charge >= 0.3 is 0 Å². The summed E-state index contributed by atoms with van der Waals surface area (Å²) in [7, 11) is 0. The number of nitrogens with two attached hydrogens (primary N) is 1. The number of carbonyl (C=O) groups is 2. The average molecular weight is 341 g/mol. The number of fused-ring (bicyclic) bond motifs is 1. The Balaban J connectivity index is 2.02. The van der Waals surface area contributed by atoms with Gasteiger partial charge in [-0.05, 0) is 38.5 Å². The molecule has 0 fully saturated rings. The maximum absolute atomic E-state index is 12.5. The Morgan fingerprint density at radius 3 is 2.68 bits per heavy atom. The maximum Gasteiger partial charge on any atom is 0.296 e. The minimum Gasteiger partial charge on any atom is -0.366 e. The van der Waals surface area contributed by atoms with Crippen LogP contribution in [0.5, 0.6) is 0 Å². The quantitative estimate of drug-likeness (QED) is 0.739. The number of nitrogens with one attached hydrogen (secondary N) is 1. The van der Waals surface area contributed by atoms with Gasteiger partial charge < -0.3 is 14.8 Å². The minimum atomic E-state index is -0.523. The van der Waals surface area contributed by atoms with Gasteiger partial charge in [-0.15, -0.1) is 0 Å². The minimum absolute atomic E-state index is 0.158. The standard InChI is InChI=1S/C17H19N5O3/c1-4-7-22-13-6-5-11(15(18)23)8-12(13)19-17(22)20-16(24)14-9(2)10(3)21-25-14/h5-6,8H,4,7H2,1-3H3,(H2,18,23)(H,19,20,24). The normalized spacial score (nSPS) is 11.0. The van der Waals surface area contributed by atoms with Gasteiger partial charge in [0.2, 0.25) is 17.6 Å². The molecule has 2 amide bonds. The van der Waals surface area contributed by atoms with E-state index in [9.17, 15) is 9.59 Å². The lowest BCUT2D eigenvalue weighted by Crippen LogP contribution is -2.16. The molecule has 8 heteroatoms. The Kier molecular flexibility index (Phi) is 4.26. The second-order valence-electron chi connectivity index (χ2n) is 5.83. The van der Waals surface area contributed by atoms with E-state index in [1.807, 2.05) is 11.5 Å². The number of nitrogens with zero attached hydrogens (tertiary/aromatic N) is 3. The molecule has 0 aliphatic heterocycles. The number of carbonyl (C=O) groups excluding carboxylic acids is 2. The van der Waals surface area contributed by atoms with Crippen LogP contribution >= 0.6 is 0 Å². The number of rotatable bonds is 5. The molecule has 0 saturated carbocycles. The van der Waals surface area contributed by atoms with Crippen molar-refractivity contribution in [3.05, 3.63) is 40.8 Å². The van der Waals surface area contributed by atoms with E-state index in [0.29, 0.717) is 34.8 Å². The highest BCUT2D eigenvalue weighted by Gasteiger charge is 2.20. The Labute approximate surface area is 144 Å². The van der Waals surface area contributed by atoms with Crippen LogP contribution in [0, 0.1) is 13.8 Å². The topological polar surface area (TPSA) is 116 Å². The molecule has 1 aromatic carbocycles. The Morgan fingerprint density at radius 2 is 2.08 bits per heavy atom. The van der Waals surface area contributed by atoms with Crippen LogP contribution in [0.15, 0.2) is 22.7 Å². The molecule has 3 aromatic rings. The second kappa shape index (κ2) is 6.39. The van der Waals surface area contributed by atoms with Crippen molar-refractivity contribution in [3.63, 3.8) is 0 Å². The highest BCUT2D eigenvalue weighted by atomic mass is 16.5. The monoisotopic (exact) mass is 341 g/mol. The van der Waals surface area contributed by atoms with Crippen molar-refractivity contribution in [2.75, 3.05) is 5.32 Å². The summed E-state index contributed by atoms with van der Waals surface area (Å²) in [6.45, 7) is 6.23. The number of aryl methyl sites for hydroxylation is 2. The third-order valence-corrected chi connectivity index (χ3v) is 4.07. The van der Waals surface area contributed by atoms with Gasteiger partial charge in [-0.25, -0.2) is 4.98 Å². The fraction of sp³-hybridized carbons (Fsp3) is 0.294. The summed E-state index contributed by atoms with van der Waals surface area (Å²) in [5.41, 5.74) is 8.44. The zero-order chi connectivity index (χ0) is 18.1. The van der Waals surface area contributed by atoms with Gasteiger partial charge in [-0.1, -0.05) is 12.1 Å². The molecule has 0 saturated heterocycles. The summed E-state index contributed by atoms with van der Waals surface area (Å²) in [5.74, 6) is -0.395. The fourth-order valence-corrected chi connectivity index (χ4v) is 2.61. The SMILES string of the molecule is CCCn1c(NC(=O)c2onc(C)c2C)nc2cc(C(N)=O)ccc21. The number of hydrogen-bond acceptors (Lipinski definition) is 5.